The Morgan fingerprint density at radius 1 is 0.947 bits per heavy atom. The molecule has 0 heterocycles. The zero-order valence-corrected chi connectivity index (χ0v) is 12.8. The third-order valence-electron chi connectivity index (χ3n) is 2.82. The van der Waals surface area contributed by atoms with Crippen molar-refractivity contribution in [3.8, 4) is 0 Å². The molecule has 0 aliphatic rings. The Morgan fingerprint density at radius 2 is 1.42 bits per heavy atom. The lowest BCUT2D eigenvalue weighted by Crippen LogP contribution is -2.46. The predicted molar refractivity (Wildman–Crippen MR) is 73.8 cm³/mol. The summed E-state index contributed by atoms with van der Waals surface area (Å²) >= 11 is 0. The average molecular weight is 273 g/mol. The topological polar surface area (TPSA) is 55.8 Å². The van der Waals surface area contributed by atoms with Gasteiger partial charge in [0, 0.05) is 0 Å². The number of likely N-dealkylation sites (N-methyl/N-ethyl adjacent to an activating group) is 1. The van der Waals surface area contributed by atoms with Crippen LogP contribution in [0.3, 0.4) is 0 Å². The highest BCUT2D eigenvalue weighted by molar-refractivity contribution is 5.84. The van der Waals surface area contributed by atoms with Crippen LogP contribution in [0.2, 0.25) is 0 Å². The molecule has 0 spiro atoms. The molecule has 0 saturated carbocycles. The Morgan fingerprint density at radius 3 is 1.79 bits per heavy atom. The van der Waals surface area contributed by atoms with Crippen LogP contribution in [0.4, 0.5) is 0 Å². The van der Waals surface area contributed by atoms with Gasteiger partial charge in [-0.3, -0.25) is 14.5 Å². The first-order valence-corrected chi connectivity index (χ1v) is 6.99. The van der Waals surface area contributed by atoms with E-state index in [1.807, 2.05) is 20.8 Å². The van der Waals surface area contributed by atoms with E-state index < -0.39 is 12.0 Å². The van der Waals surface area contributed by atoms with Crippen molar-refractivity contribution < 1.29 is 19.1 Å². The second-order valence-corrected chi connectivity index (χ2v) is 4.76. The van der Waals surface area contributed by atoms with Crippen molar-refractivity contribution in [1.82, 2.24) is 4.90 Å². The fourth-order valence-electron chi connectivity index (χ4n) is 1.85. The van der Waals surface area contributed by atoms with Crippen LogP contribution in [0.5, 0.6) is 0 Å². The molecule has 0 bridgehead atoms. The van der Waals surface area contributed by atoms with Gasteiger partial charge in [0.1, 0.15) is 6.04 Å². The van der Waals surface area contributed by atoms with Crippen molar-refractivity contribution in [2.45, 2.75) is 46.1 Å². The number of ether oxygens (including phenoxy) is 2. The van der Waals surface area contributed by atoms with Crippen molar-refractivity contribution in [2.75, 3.05) is 27.3 Å². The molecule has 2 unspecified atom stereocenters. The number of carbonyl (C=O) groups excluding carboxylic acids is 2. The van der Waals surface area contributed by atoms with Crippen molar-refractivity contribution >= 4 is 11.9 Å². The Labute approximate surface area is 116 Å². The summed E-state index contributed by atoms with van der Waals surface area (Å²) in [7, 11) is 3.54. The highest BCUT2D eigenvalue weighted by Gasteiger charge is 2.36. The first-order chi connectivity index (χ1) is 8.99. The third-order valence-corrected chi connectivity index (χ3v) is 2.82. The lowest BCUT2D eigenvalue weighted by atomic mass is 9.96. The monoisotopic (exact) mass is 273 g/mol. The Balaban J connectivity index is 4.80. The molecule has 0 amide bonds. The highest BCUT2D eigenvalue weighted by atomic mass is 16.5. The van der Waals surface area contributed by atoms with Crippen LogP contribution >= 0.6 is 0 Å². The maximum Gasteiger partial charge on any atom is 0.324 e. The summed E-state index contributed by atoms with van der Waals surface area (Å²) in [6.07, 6.45) is 2.09. The number of hydrogen-bond acceptors (Lipinski definition) is 5. The zero-order chi connectivity index (χ0) is 14.8. The number of nitrogens with zero attached hydrogens (tertiary/aromatic N) is 1. The van der Waals surface area contributed by atoms with Crippen molar-refractivity contribution in [3.63, 3.8) is 0 Å². The van der Waals surface area contributed by atoms with Gasteiger partial charge in [0.15, 0.2) is 0 Å². The van der Waals surface area contributed by atoms with E-state index in [-0.39, 0.29) is 11.9 Å². The largest absolute Gasteiger partial charge is 0.465 e. The van der Waals surface area contributed by atoms with Gasteiger partial charge in [-0.2, -0.15) is 0 Å². The summed E-state index contributed by atoms with van der Waals surface area (Å²) in [6, 6.07) is -0.582. The van der Waals surface area contributed by atoms with Gasteiger partial charge in [-0.1, -0.05) is 20.8 Å². The van der Waals surface area contributed by atoms with Crippen molar-refractivity contribution in [2.24, 2.45) is 5.92 Å². The van der Waals surface area contributed by atoms with E-state index in [0.29, 0.717) is 19.6 Å². The molecule has 112 valence electrons. The van der Waals surface area contributed by atoms with Crippen molar-refractivity contribution in [1.29, 1.82) is 0 Å². The molecule has 0 fully saturated rings. The average Bonchev–Trinajstić information content (AvgIpc) is 2.38. The van der Waals surface area contributed by atoms with Crippen LogP contribution in [-0.2, 0) is 19.1 Å². The van der Waals surface area contributed by atoms with E-state index in [9.17, 15) is 9.59 Å². The minimum absolute atomic E-state index is 0.323. The van der Waals surface area contributed by atoms with E-state index >= 15 is 0 Å². The Kier molecular flexibility index (Phi) is 9.21. The summed E-state index contributed by atoms with van der Waals surface area (Å²) in [6.45, 7) is 6.52. The molecule has 0 aliphatic heterocycles. The quantitative estimate of drug-likeness (QED) is 0.600. The van der Waals surface area contributed by atoms with Crippen LogP contribution in [0.15, 0.2) is 0 Å². The summed E-state index contributed by atoms with van der Waals surface area (Å²) in [5.41, 5.74) is 0. The third kappa shape index (κ3) is 6.05. The van der Waals surface area contributed by atoms with Crippen LogP contribution < -0.4 is 0 Å². The second kappa shape index (κ2) is 9.78. The predicted octanol–water partition coefficient (Wildman–Crippen LogP) is 1.85. The lowest BCUT2D eigenvalue weighted by Gasteiger charge is -2.28. The van der Waals surface area contributed by atoms with Crippen LogP contribution in [0.1, 0.15) is 40.0 Å². The molecule has 0 aliphatic carbocycles. The standard InChI is InChI=1S/C14H27NO4/c1-6-9-18-13(16)11(8-3)12(15(4)5)14(17)19-10-7-2/h11-12H,6-10H2,1-5H3. The first-order valence-electron chi connectivity index (χ1n) is 6.99. The fraction of sp³-hybridized carbons (Fsp3) is 0.857. The maximum absolute atomic E-state index is 12.1. The van der Waals surface area contributed by atoms with Crippen molar-refractivity contribution in [3.05, 3.63) is 0 Å². The molecule has 0 saturated heterocycles. The number of rotatable bonds is 9. The zero-order valence-electron chi connectivity index (χ0n) is 12.8. The molecule has 0 rings (SSSR count). The molecule has 0 aromatic heterocycles. The normalized spacial score (nSPS) is 14.0. The van der Waals surface area contributed by atoms with Crippen LogP contribution in [0.25, 0.3) is 0 Å². The number of esters is 2. The number of hydrogen-bond donors (Lipinski definition) is 0. The molecule has 0 radical (unpaired) electrons. The van der Waals surface area contributed by atoms with Gasteiger partial charge in [0.25, 0.3) is 0 Å². The molecule has 5 nitrogen and oxygen atoms in total. The molecule has 0 aromatic carbocycles. The van der Waals surface area contributed by atoms with E-state index in [1.165, 1.54) is 0 Å². The van der Waals surface area contributed by atoms with Gasteiger partial charge < -0.3 is 9.47 Å². The SMILES string of the molecule is CCCOC(=O)C(CC)C(C(=O)OCCC)N(C)C. The summed E-state index contributed by atoms with van der Waals surface area (Å²) < 4.78 is 10.3. The van der Waals surface area contributed by atoms with Gasteiger partial charge in [-0.15, -0.1) is 0 Å². The summed E-state index contributed by atoms with van der Waals surface area (Å²) in [5.74, 6) is -1.16. The lowest BCUT2D eigenvalue weighted by molar-refractivity contribution is -0.161. The number of carbonyl (C=O) groups is 2. The van der Waals surface area contributed by atoms with Crippen LogP contribution in [0, 0.1) is 5.92 Å². The van der Waals surface area contributed by atoms with E-state index in [2.05, 4.69) is 0 Å². The van der Waals surface area contributed by atoms with Gasteiger partial charge in [0.2, 0.25) is 0 Å². The molecular formula is C14H27NO4. The first kappa shape index (κ1) is 17.9. The highest BCUT2D eigenvalue weighted by Crippen LogP contribution is 2.17. The van der Waals surface area contributed by atoms with E-state index in [1.54, 1.807) is 19.0 Å². The van der Waals surface area contributed by atoms with E-state index in [0.717, 1.165) is 12.8 Å². The van der Waals surface area contributed by atoms with E-state index in [4.69, 9.17) is 9.47 Å². The van der Waals surface area contributed by atoms with Crippen LogP contribution in [-0.4, -0.2) is 50.2 Å². The fourth-order valence-corrected chi connectivity index (χ4v) is 1.85. The Hall–Kier alpha value is -1.10. The maximum atomic E-state index is 12.1. The summed E-state index contributed by atoms with van der Waals surface area (Å²) in [5, 5.41) is 0. The molecular weight excluding hydrogens is 246 g/mol. The van der Waals surface area contributed by atoms with Gasteiger partial charge in [-0.05, 0) is 33.4 Å². The van der Waals surface area contributed by atoms with Gasteiger partial charge in [-0.25, -0.2) is 0 Å². The molecule has 5 heteroatoms. The molecule has 0 N–H and O–H groups in total. The molecule has 19 heavy (non-hydrogen) atoms. The van der Waals surface area contributed by atoms with Gasteiger partial charge in [0.05, 0.1) is 19.1 Å². The molecule has 0 aromatic rings. The van der Waals surface area contributed by atoms with Gasteiger partial charge >= 0.3 is 11.9 Å². The second-order valence-electron chi connectivity index (χ2n) is 4.76. The summed E-state index contributed by atoms with van der Waals surface area (Å²) in [4.78, 5) is 25.8. The Bertz CT molecular complexity index is 279. The minimum Gasteiger partial charge on any atom is -0.465 e. The smallest absolute Gasteiger partial charge is 0.324 e. The minimum atomic E-state index is -0.582. The molecule has 2 atom stereocenters.